The second-order valence-corrected chi connectivity index (χ2v) is 7.44. The van der Waals surface area contributed by atoms with E-state index in [1.807, 2.05) is 24.3 Å². The van der Waals surface area contributed by atoms with Gasteiger partial charge in [-0.1, -0.05) is 23.2 Å². The van der Waals surface area contributed by atoms with E-state index in [0.29, 0.717) is 37.4 Å². The van der Waals surface area contributed by atoms with Gasteiger partial charge in [0.15, 0.2) is 0 Å². The standard InChI is InChI=1S/C19H18Cl2F3N3O/c1-12(17-16(21)10-13(11-25-17)19(22,23)24)18(28)27-8-6-26(7-9-27)15-4-2-14(20)3-5-15/h2-5,10-12H,6-9H2,1H3/t12-/m1/s1. The Bertz CT molecular complexity index is 850. The molecule has 0 radical (unpaired) electrons. The first-order valence-electron chi connectivity index (χ1n) is 8.69. The van der Waals surface area contributed by atoms with Gasteiger partial charge in [0.25, 0.3) is 0 Å². The van der Waals surface area contributed by atoms with Crippen molar-refractivity contribution in [3.05, 3.63) is 57.8 Å². The van der Waals surface area contributed by atoms with Crippen LogP contribution in [0.1, 0.15) is 24.1 Å². The van der Waals surface area contributed by atoms with Crippen LogP contribution in [0, 0.1) is 0 Å². The molecule has 2 aromatic rings. The molecule has 1 aromatic carbocycles. The number of amides is 1. The number of benzene rings is 1. The lowest BCUT2D eigenvalue weighted by Gasteiger charge is -2.37. The lowest BCUT2D eigenvalue weighted by Crippen LogP contribution is -2.49. The zero-order valence-electron chi connectivity index (χ0n) is 15.0. The lowest BCUT2D eigenvalue weighted by atomic mass is 10.0. The fourth-order valence-electron chi connectivity index (χ4n) is 3.15. The predicted molar refractivity (Wildman–Crippen MR) is 103 cm³/mol. The van der Waals surface area contributed by atoms with E-state index < -0.39 is 17.7 Å². The number of carbonyl (C=O) groups excluding carboxylic acids is 1. The molecule has 0 saturated carbocycles. The van der Waals surface area contributed by atoms with Crippen molar-refractivity contribution in [1.29, 1.82) is 0 Å². The van der Waals surface area contributed by atoms with Crippen LogP contribution in [-0.2, 0) is 11.0 Å². The Morgan fingerprint density at radius 2 is 1.71 bits per heavy atom. The number of halogens is 5. The first-order chi connectivity index (χ1) is 13.2. The molecule has 4 nitrogen and oxygen atoms in total. The summed E-state index contributed by atoms with van der Waals surface area (Å²) in [6.45, 7) is 3.91. The monoisotopic (exact) mass is 431 g/mol. The van der Waals surface area contributed by atoms with Crippen LogP contribution in [0.5, 0.6) is 0 Å². The molecule has 0 N–H and O–H groups in total. The van der Waals surface area contributed by atoms with E-state index in [4.69, 9.17) is 23.2 Å². The van der Waals surface area contributed by atoms with E-state index in [9.17, 15) is 18.0 Å². The van der Waals surface area contributed by atoms with Gasteiger partial charge in [0.2, 0.25) is 5.91 Å². The molecular weight excluding hydrogens is 414 g/mol. The average molecular weight is 432 g/mol. The van der Waals surface area contributed by atoms with Crippen molar-refractivity contribution in [3.63, 3.8) is 0 Å². The van der Waals surface area contributed by atoms with Crippen LogP contribution >= 0.6 is 23.2 Å². The molecule has 1 aromatic heterocycles. The molecule has 3 rings (SSSR count). The quantitative estimate of drug-likeness (QED) is 0.695. The first-order valence-corrected chi connectivity index (χ1v) is 9.44. The van der Waals surface area contributed by atoms with Crippen LogP contribution < -0.4 is 4.90 Å². The Hall–Kier alpha value is -1.99. The number of rotatable bonds is 3. The maximum Gasteiger partial charge on any atom is 0.417 e. The van der Waals surface area contributed by atoms with Gasteiger partial charge in [-0.25, -0.2) is 0 Å². The molecule has 1 aliphatic rings. The van der Waals surface area contributed by atoms with Crippen molar-refractivity contribution in [2.24, 2.45) is 0 Å². The Balaban J connectivity index is 1.65. The summed E-state index contributed by atoms with van der Waals surface area (Å²) in [5, 5.41) is 0.503. The van der Waals surface area contributed by atoms with Crippen molar-refractivity contribution >= 4 is 34.8 Å². The van der Waals surface area contributed by atoms with Crippen molar-refractivity contribution in [1.82, 2.24) is 9.88 Å². The smallest absolute Gasteiger partial charge is 0.368 e. The van der Waals surface area contributed by atoms with Crippen molar-refractivity contribution in [2.75, 3.05) is 31.1 Å². The number of aromatic nitrogens is 1. The van der Waals surface area contributed by atoms with E-state index in [1.54, 1.807) is 11.8 Å². The average Bonchev–Trinajstić information content (AvgIpc) is 2.67. The number of alkyl halides is 3. The largest absolute Gasteiger partial charge is 0.417 e. The van der Waals surface area contributed by atoms with Gasteiger partial charge in [-0.3, -0.25) is 9.78 Å². The minimum absolute atomic E-state index is 0.153. The van der Waals surface area contributed by atoms with Gasteiger partial charge < -0.3 is 9.80 Å². The summed E-state index contributed by atoms with van der Waals surface area (Å²) in [6, 6.07) is 8.29. The number of nitrogens with zero attached hydrogens (tertiary/aromatic N) is 3. The Morgan fingerprint density at radius 3 is 2.25 bits per heavy atom. The minimum atomic E-state index is -4.53. The maximum absolute atomic E-state index is 12.8. The number of piperazine rings is 1. The second-order valence-electron chi connectivity index (χ2n) is 6.60. The normalized spacial score (nSPS) is 16.2. The molecule has 1 aliphatic heterocycles. The summed E-state index contributed by atoms with van der Waals surface area (Å²) in [7, 11) is 0. The summed E-state index contributed by atoms with van der Waals surface area (Å²) < 4.78 is 38.3. The Labute approximate surface area is 170 Å². The van der Waals surface area contributed by atoms with Crippen LogP contribution in [0.3, 0.4) is 0 Å². The minimum Gasteiger partial charge on any atom is -0.368 e. The molecule has 0 spiro atoms. The molecule has 1 fully saturated rings. The zero-order valence-corrected chi connectivity index (χ0v) is 16.5. The molecule has 2 heterocycles. The van der Waals surface area contributed by atoms with E-state index in [2.05, 4.69) is 9.88 Å². The van der Waals surface area contributed by atoms with Crippen molar-refractivity contribution in [2.45, 2.75) is 19.0 Å². The Kier molecular flexibility index (Phi) is 6.05. The molecule has 1 atom stereocenters. The number of pyridine rings is 1. The van der Waals surface area contributed by atoms with Crippen LogP contribution in [0.25, 0.3) is 0 Å². The summed E-state index contributed by atoms with van der Waals surface area (Å²) in [5.74, 6) is -0.929. The molecule has 0 aliphatic carbocycles. The fraction of sp³-hybridized carbons (Fsp3) is 0.368. The Morgan fingerprint density at radius 1 is 1.11 bits per heavy atom. The highest BCUT2D eigenvalue weighted by Crippen LogP contribution is 2.33. The zero-order chi connectivity index (χ0) is 20.5. The molecule has 0 unspecified atom stereocenters. The maximum atomic E-state index is 12.8. The topological polar surface area (TPSA) is 36.4 Å². The number of hydrogen-bond donors (Lipinski definition) is 0. The third-order valence-corrected chi connectivity index (χ3v) is 5.32. The van der Waals surface area contributed by atoms with Crippen LogP contribution in [-0.4, -0.2) is 42.0 Å². The fourth-order valence-corrected chi connectivity index (χ4v) is 3.61. The number of anilines is 1. The van der Waals surface area contributed by atoms with E-state index in [0.717, 1.165) is 11.8 Å². The second kappa shape index (κ2) is 8.17. The predicted octanol–water partition coefficient (Wildman–Crippen LogP) is 4.86. The van der Waals surface area contributed by atoms with Gasteiger partial charge in [-0.2, -0.15) is 13.2 Å². The summed E-state index contributed by atoms with van der Waals surface area (Å²) >= 11 is 11.9. The van der Waals surface area contributed by atoms with E-state index >= 15 is 0 Å². The highest BCUT2D eigenvalue weighted by Gasteiger charge is 2.33. The van der Waals surface area contributed by atoms with Crippen molar-refractivity contribution in [3.8, 4) is 0 Å². The summed E-state index contributed by atoms with van der Waals surface area (Å²) in [4.78, 5) is 20.4. The van der Waals surface area contributed by atoms with Crippen LogP contribution in [0.2, 0.25) is 10.0 Å². The van der Waals surface area contributed by atoms with Gasteiger partial charge in [-0.15, -0.1) is 0 Å². The van der Waals surface area contributed by atoms with E-state index in [1.165, 1.54) is 0 Å². The van der Waals surface area contributed by atoms with Gasteiger partial charge >= 0.3 is 6.18 Å². The van der Waals surface area contributed by atoms with Gasteiger partial charge in [0.1, 0.15) is 0 Å². The van der Waals surface area contributed by atoms with Gasteiger partial charge in [0.05, 0.1) is 22.2 Å². The summed E-state index contributed by atoms with van der Waals surface area (Å²) in [6.07, 6.45) is -3.82. The number of carbonyl (C=O) groups is 1. The molecule has 1 amide bonds. The van der Waals surface area contributed by atoms with Gasteiger partial charge in [0, 0.05) is 43.1 Å². The molecule has 150 valence electrons. The molecule has 28 heavy (non-hydrogen) atoms. The SMILES string of the molecule is C[C@@H](C(=O)N1CCN(c2ccc(Cl)cc2)CC1)c1ncc(C(F)(F)F)cc1Cl. The molecule has 1 saturated heterocycles. The third-order valence-electron chi connectivity index (χ3n) is 4.76. The highest BCUT2D eigenvalue weighted by molar-refractivity contribution is 6.31. The van der Waals surface area contributed by atoms with Crippen LogP contribution in [0.4, 0.5) is 18.9 Å². The summed E-state index contributed by atoms with van der Waals surface area (Å²) in [5.41, 5.74) is 0.245. The van der Waals surface area contributed by atoms with Gasteiger partial charge in [-0.05, 0) is 37.3 Å². The van der Waals surface area contributed by atoms with E-state index in [-0.39, 0.29) is 16.6 Å². The number of hydrogen-bond acceptors (Lipinski definition) is 3. The van der Waals surface area contributed by atoms with Crippen molar-refractivity contribution < 1.29 is 18.0 Å². The molecule has 0 bridgehead atoms. The van der Waals surface area contributed by atoms with Crippen LogP contribution in [0.15, 0.2) is 36.5 Å². The molecule has 9 heteroatoms. The first kappa shape index (κ1) is 20.7. The lowest BCUT2D eigenvalue weighted by molar-refractivity contribution is -0.137. The molecular formula is C19H18Cl2F3N3O. The highest BCUT2D eigenvalue weighted by atomic mass is 35.5. The third kappa shape index (κ3) is 4.52.